The predicted octanol–water partition coefficient (Wildman–Crippen LogP) is 4.19. The van der Waals surface area contributed by atoms with Gasteiger partial charge in [0.05, 0.1) is 3.79 Å². The van der Waals surface area contributed by atoms with E-state index in [1.54, 1.807) is 11.3 Å². The fraction of sp³-hybridized carbons (Fsp3) is 0.545. The highest BCUT2D eigenvalue weighted by molar-refractivity contribution is 9.11. The van der Waals surface area contributed by atoms with Crippen LogP contribution in [-0.2, 0) is 0 Å². The lowest BCUT2D eigenvalue weighted by Gasteiger charge is -2.09. The second-order valence-electron chi connectivity index (χ2n) is 3.98. The minimum Gasteiger partial charge on any atom is -0.294 e. The number of hydrogen-bond acceptors (Lipinski definition) is 2. The van der Waals surface area contributed by atoms with Gasteiger partial charge in [0.25, 0.3) is 0 Å². The van der Waals surface area contributed by atoms with Gasteiger partial charge in [0.2, 0.25) is 0 Å². The van der Waals surface area contributed by atoms with E-state index in [0.29, 0.717) is 5.78 Å². The van der Waals surface area contributed by atoms with Crippen molar-refractivity contribution in [2.75, 3.05) is 0 Å². The molecule has 0 bridgehead atoms. The number of halogens is 1. The third-order valence-corrected chi connectivity index (χ3v) is 4.70. The van der Waals surface area contributed by atoms with Gasteiger partial charge >= 0.3 is 0 Å². The number of aryl methyl sites for hydroxylation is 1. The molecule has 2 rings (SSSR count). The Kier molecular flexibility index (Phi) is 2.56. The van der Waals surface area contributed by atoms with Crippen LogP contribution in [0.3, 0.4) is 0 Å². The summed E-state index contributed by atoms with van der Waals surface area (Å²) in [6, 6.07) is 1.97. The van der Waals surface area contributed by atoms with Gasteiger partial charge in [-0.2, -0.15) is 0 Å². The van der Waals surface area contributed by atoms with Crippen LogP contribution in [0.2, 0.25) is 0 Å². The van der Waals surface area contributed by atoms with E-state index in [1.807, 2.05) is 13.0 Å². The zero-order valence-electron chi connectivity index (χ0n) is 8.39. The van der Waals surface area contributed by atoms with Crippen molar-refractivity contribution in [2.45, 2.75) is 33.1 Å². The van der Waals surface area contributed by atoms with Gasteiger partial charge < -0.3 is 0 Å². The Bertz CT molecular complexity index is 377. The van der Waals surface area contributed by atoms with Gasteiger partial charge in [-0.05, 0) is 48.2 Å². The van der Waals surface area contributed by atoms with Crippen molar-refractivity contribution in [2.24, 2.45) is 5.41 Å². The highest BCUT2D eigenvalue weighted by atomic mass is 79.9. The monoisotopic (exact) mass is 272 g/mol. The Labute approximate surface area is 96.6 Å². The van der Waals surface area contributed by atoms with E-state index in [4.69, 9.17) is 0 Å². The number of thiophene rings is 1. The fourth-order valence-corrected chi connectivity index (χ4v) is 3.54. The van der Waals surface area contributed by atoms with Crippen molar-refractivity contribution < 1.29 is 4.79 Å². The zero-order chi connectivity index (χ0) is 10.3. The topological polar surface area (TPSA) is 17.1 Å². The fourth-order valence-electron chi connectivity index (χ4n) is 1.85. The molecule has 0 N–H and O–H groups in total. The Morgan fingerprint density at radius 1 is 1.64 bits per heavy atom. The maximum absolute atomic E-state index is 12.2. The number of hydrogen-bond donors (Lipinski definition) is 0. The van der Waals surface area contributed by atoms with E-state index < -0.39 is 0 Å². The van der Waals surface area contributed by atoms with Gasteiger partial charge in [-0.1, -0.05) is 6.92 Å². The second-order valence-corrected chi connectivity index (χ2v) is 6.62. The molecule has 1 fully saturated rings. The Hall–Kier alpha value is -0.150. The first kappa shape index (κ1) is 10.4. The molecule has 1 nitrogen and oxygen atoms in total. The SMILES string of the molecule is CCC1(C(=O)c2cc(Br)sc2C)CC1. The molecule has 0 aromatic carbocycles. The van der Waals surface area contributed by atoms with Gasteiger partial charge in [-0.25, -0.2) is 0 Å². The minimum absolute atomic E-state index is 0.00523. The second kappa shape index (κ2) is 3.46. The summed E-state index contributed by atoms with van der Waals surface area (Å²) in [6.07, 6.45) is 3.14. The molecule has 0 atom stereocenters. The number of ketones is 1. The van der Waals surface area contributed by atoms with Gasteiger partial charge in [-0.15, -0.1) is 11.3 Å². The maximum atomic E-state index is 12.2. The molecule has 14 heavy (non-hydrogen) atoms. The van der Waals surface area contributed by atoms with Crippen molar-refractivity contribution >= 4 is 33.0 Å². The average Bonchev–Trinajstić information content (AvgIpc) is 2.87. The van der Waals surface area contributed by atoms with E-state index in [2.05, 4.69) is 22.9 Å². The quantitative estimate of drug-likeness (QED) is 0.754. The lowest BCUT2D eigenvalue weighted by molar-refractivity contribution is 0.0896. The molecule has 1 aliphatic rings. The highest BCUT2D eigenvalue weighted by Gasteiger charge is 2.48. The minimum atomic E-state index is 0.00523. The van der Waals surface area contributed by atoms with Crippen LogP contribution >= 0.6 is 27.3 Å². The molecule has 1 saturated carbocycles. The van der Waals surface area contributed by atoms with E-state index in [0.717, 1.165) is 33.5 Å². The van der Waals surface area contributed by atoms with Crippen LogP contribution in [0.5, 0.6) is 0 Å². The number of carbonyl (C=O) groups is 1. The summed E-state index contributed by atoms with van der Waals surface area (Å²) in [7, 11) is 0. The smallest absolute Gasteiger partial charge is 0.170 e. The molecule has 0 unspecified atom stereocenters. The summed E-state index contributed by atoms with van der Waals surface area (Å²) in [5.41, 5.74) is 0.937. The Morgan fingerprint density at radius 2 is 2.29 bits per heavy atom. The summed E-state index contributed by atoms with van der Waals surface area (Å²) in [5.74, 6) is 0.361. The van der Waals surface area contributed by atoms with Crippen LogP contribution in [0.4, 0.5) is 0 Å². The number of carbonyl (C=O) groups excluding carboxylic acids is 1. The van der Waals surface area contributed by atoms with E-state index in [1.165, 1.54) is 0 Å². The highest BCUT2D eigenvalue weighted by Crippen LogP contribution is 2.51. The average molecular weight is 273 g/mol. The van der Waals surface area contributed by atoms with Gasteiger partial charge in [0, 0.05) is 15.9 Å². The molecule has 1 aromatic heterocycles. The molecular weight excluding hydrogens is 260 g/mol. The van der Waals surface area contributed by atoms with Crippen LogP contribution in [0.15, 0.2) is 9.85 Å². The first-order chi connectivity index (χ1) is 6.59. The van der Waals surface area contributed by atoms with Crippen molar-refractivity contribution in [3.05, 3.63) is 20.3 Å². The van der Waals surface area contributed by atoms with Crippen LogP contribution < -0.4 is 0 Å². The predicted molar refractivity (Wildman–Crippen MR) is 63.0 cm³/mol. The molecule has 0 spiro atoms. The summed E-state index contributed by atoms with van der Waals surface area (Å²) in [6.45, 7) is 4.13. The van der Waals surface area contributed by atoms with Crippen molar-refractivity contribution in [1.82, 2.24) is 0 Å². The molecule has 76 valence electrons. The van der Waals surface area contributed by atoms with Gasteiger partial charge in [-0.3, -0.25) is 4.79 Å². The lowest BCUT2D eigenvalue weighted by Crippen LogP contribution is -2.14. The zero-order valence-corrected chi connectivity index (χ0v) is 10.8. The maximum Gasteiger partial charge on any atom is 0.170 e. The third kappa shape index (κ3) is 1.57. The lowest BCUT2D eigenvalue weighted by atomic mass is 9.93. The normalized spacial score (nSPS) is 18.2. The molecule has 0 amide bonds. The number of Topliss-reactive ketones (excluding diaryl/α,β-unsaturated/α-hetero) is 1. The largest absolute Gasteiger partial charge is 0.294 e. The van der Waals surface area contributed by atoms with Gasteiger partial charge in [0.1, 0.15) is 0 Å². The molecular formula is C11H13BrOS. The summed E-state index contributed by atoms with van der Waals surface area (Å²) in [4.78, 5) is 13.3. The van der Waals surface area contributed by atoms with Crippen molar-refractivity contribution in [3.63, 3.8) is 0 Å². The van der Waals surface area contributed by atoms with Crippen LogP contribution in [-0.4, -0.2) is 5.78 Å². The van der Waals surface area contributed by atoms with Crippen LogP contribution in [0.1, 0.15) is 41.4 Å². The first-order valence-corrected chi connectivity index (χ1v) is 6.51. The van der Waals surface area contributed by atoms with E-state index in [-0.39, 0.29) is 5.41 Å². The van der Waals surface area contributed by atoms with Crippen LogP contribution in [0, 0.1) is 12.3 Å². The van der Waals surface area contributed by atoms with Crippen molar-refractivity contribution in [3.8, 4) is 0 Å². The summed E-state index contributed by atoms with van der Waals surface area (Å²) >= 11 is 5.07. The van der Waals surface area contributed by atoms with E-state index >= 15 is 0 Å². The Morgan fingerprint density at radius 3 is 2.64 bits per heavy atom. The standard InChI is InChI=1S/C11H13BrOS/c1-3-11(4-5-11)10(13)8-6-9(12)14-7(8)2/h6H,3-5H2,1-2H3. The summed E-state index contributed by atoms with van der Waals surface area (Å²) in [5, 5.41) is 0. The van der Waals surface area contributed by atoms with Crippen molar-refractivity contribution in [1.29, 1.82) is 0 Å². The Balaban J connectivity index is 2.32. The molecule has 1 aliphatic carbocycles. The molecule has 1 aromatic rings. The molecule has 3 heteroatoms. The van der Waals surface area contributed by atoms with Crippen LogP contribution in [0.25, 0.3) is 0 Å². The molecule has 0 radical (unpaired) electrons. The molecule has 0 aliphatic heterocycles. The van der Waals surface area contributed by atoms with Gasteiger partial charge in [0.15, 0.2) is 5.78 Å². The summed E-state index contributed by atoms with van der Waals surface area (Å²) < 4.78 is 1.06. The van der Waals surface area contributed by atoms with E-state index in [9.17, 15) is 4.79 Å². The number of rotatable bonds is 3. The first-order valence-electron chi connectivity index (χ1n) is 4.90. The molecule has 0 saturated heterocycles. The third-order valence-electron chi connectivity index (χ3n) is 3.14. The molecule has 1 heterocycles.